The van der Waals surface area contributed by atoms with E-state index >= 15 is 0 Å². The number of thioether (sulfide) groups is 1. The fourth-order valence-corrected chi connectivity index (χ4v) is 5.30. The zero-order valence-electron chi connectivity index (χ0n) is 21.3. The summed E-state index contributed by atoms with van der Waals surface area (Å²) in [5.74, 6) is 1.63. The van der Waals surface area contributed by atoms with Crippen LogP contribution in [-0.2, 0) is 4.79 Å². The smallest absolute Gasteiger partial charge is 0.226 e. The molecule has 39 heavy (non-hydrogen) atoms. The topological polar surface area (TPSA) is 99.1 Å². The maximum atomic E-state index is 12.6. The van der Waals surface area contributed by atoms with Gasteiger partial charge in [0.25, 0.3) is 0 Å². The van der Waals surface area contributed by atoms with Crippen LogP contribution in [0.2, 0.25) is 0 Å². The number of hydrogen-bond acceptors (Lipinski definition) is 9. The molecule has 0 unspecified atom stereocenters. The number of amides is 1. The van der Waals surface area contributed by atoms with E-state index in [1.807, 2.05) is 84.2 Å². The molecule has 0 radical (unpaired) electrons. The molecule has 10 heteroatoms. The number of carbonyl (C=O) groups is 1. The summed E-state index contributed by atoms with van der Waals surface area (Å²) in [5, 5.41) is 14.6. The fourth-order valence-electron chi connectivity index (χ4n) is 3.84. The summed E-state index contributed by atoms with van der Waals surface area (Å²) in [6, 6.07) is 25.4. The first-order chi connectivity index (χ1) is 19.1. The molecule has 0 saturated heterocycles. The van der Waals surface area contributed by atoms with Crippen LogP contribution in [-0.4, -0.2) is 46.0 Å². The van der Waals surface area contributed by atoms with E-state index in [0.29, 0.717) is 27.5 Å². The lowest BCUT2D eigenvalue weighted by Crippen LogP contribution is -2.12. The lowest BCUT2D eigenvalue weighted by atomic mass is 10.0. The molecule has 0 aliphatic heterocycles. The van der Waals surface area contributed by atoms with Gasteiger partial charge in [0.15, 0.2) is 16.6 Å². The van der Waals surface area contributed by atoms with E-state index < -0.39 is 0 Å². The van der Waals surface area contributed by atoms with Gasteiger partial charge in [-0.3, -0.25) is 4.79 Å². The van der Waals surface area contributed by atoms with Crippen LogP contribution in [0.1, 0.15) is 6.42 Å². The SMILES string of the molecule is COc1ccc(-c2csc(NC(=O)CCSc3nnc(-c4ccccc4)c(-c4ccccc4)n3)n2)cc1OC. The van der Waals surface area contributed by atoms with Crippen LogP contribution < -0.4 is 14.8 Å². The molecule has 0 aliphatic carbocycles. The van der Waals surface area contributed by atoms with Gasteiger partial charge in [-0.2, -0.15) is 0 Å². The second-order valence-corrected chi connectivity index (χ2v) is 10.2. The van der Waals surface area contributed by atoms with Gasteiger partial charge in [-0.25, -0.2) is 9.97 Å². The first-order valence-electron chi connectivity index (χ1n) is 12.1. The van der Waals surface area contributed by atoms with Gasteiger partial charge in [0.2, 0.25) is 11.1 Å². The van der Waals surface area contributed by atoms with Gasteiger partial charge in [-0.05, 0) is 18.2 Å². The summed E-state index contributed by atoms with van der Waals surface area (Å²) < 4.78 is 10.7. The quantitative estimate of drug-likeness (QED) is 0.196. The molecule has 1 N–H and O–H groups in total. The highest BCUT2D eigenvalue weighted by Crippen LogP contribution is 2.34. The molecule has 196 valence electrons. The van der Waals surface area contributed by atoms with Gasteiger partial charge in [0, 0.05) is 34.2 Å². The van der Waals surface area contributed by atoms with Crippen LogP contribution in [0.15, 0.2) is 89.4 Å². The Labute approximate surface area is 234 Å². The largest absolute Gasteiger partial charge is 0.493 e. The molecule has 0 saturated carbocycles. The molecular formula is C29H25N5O3S2. The molecule has 5 rings (SSSR count). The second kappa shape index (κ2) is 12.5. The summed E-state index contributed by atoms with van der Waals surface area (Å²) in [5.41, 5.74) is 5.00. The number of carbonyl (C=O) groups excluding carboxylic acids is 1. The highest BCUT2D eigenvalue weighted by atomic mass is 32.2. The standard InChI is InChI=1S/C29H25N5O3S2/c1-36-23-14-13-21(17-24(23)37-2)22-18-39-28(30-22)31-25(35)15-16-38-29-32-26(19-9-5-3-6-10-19)27(33-34-29)20-11-7-4-8-12-20/h3-14,17-18H,15-16H2,1-2H3,(H,30,31,35). The lowest BCUT2D eigenvalue weighted by molar-refractivity contribution is -0.115. The van der Waals surface area contributed by atoms with Crippen LogP contribution in [0, 0.1) is 0 Å². The van der Waals surface area contributed by atoms with E-state index in [4.69, 9.17) is 14.5 Å². The van der Waals surface area contributed by atoms with Crippen LogP contribution >= 0.6 is 23.1 Å². The van der Waals surface area contributed by atoms with E-state index in [2.05, 4.69) is 20.5 Å². The Balaban J connectivity index is 1.22. The molecule has 8 nitrogen and oxygen atoms in total. The fraction of sp³-hybridized carbons (Fsp3) is 0.138. The minimum atomic E-state index is -0.132. The second-order valence-electron chi connectivity index (χ2n) is 8.28. The number of ether oxygens (including phenoxy) is 2. The van der Waals surface area contributed by atoms with Crippen molar-refractivity contribution in [3.8, 4) is 45.3 Å². The minimum absolute atomic E-state index is 0.132. The van der Waals surface area contributed by atoms with Gasteiger partial charge >= 0.3 is 0 Å². The Morgan fingerprint density at radius 2 is 1.51 bits per heavy atom. The van der Waals surface area contributed by atoms with E-state index in [1.54, 1.807) is 14.2 Å². The number of methoxy groups -OCH3 is 2. The van der Waals surface area contributed by atoms with Gasteiger partial charge in [-0.1, -0.05) is 72.4 Å². The first kappa shape index (κ1) is 26.3. The third kappa shape index (κ3) is 6.42. The molecular weight excluding hydrogens is 530 g/mol. The summed E-state index contributed by atoms with van der Waals surface area (Å²) in [4.78, 5) is 22.0. The number of rotatable bonds is 10. The number of thiazole rings is 1. The van der Waals surface area contributed by atoms with Gasteiger partial charge in [0.1, 0.15) is 11.4 Å². The summed E-state index contributed by atoms with van der Waals surface area (Å²) in [7, 11) is 3.18. The summed E-state index contributed by atoms with van der Waals surface area (Å²) >= 11 is 2.76. The molecule has 3 aromatic carbocycles. The van der Waals surface area contributed by atoms with Crippen molar-refractivity contribution in [3.63, 3.8) is 0 Å². The Morgan fingerprint density at radius 3 is 2.21 bits per heavy atom. The molecule has 0 atom stereocenters. The van der Waals surface area contributed by atoms with Crippen molar-refractivity contribution in [2.45, 2.75) is 11.6 Å². The van der Waals surface area contributed by atoms with E-state index in [-0.39, 0.29) is 12.3 Å². The highest BCUT2D eigenvalue weighted by molar-refractivity contribution is 7.99. The van der Waals surface area contributed by atoms with Crippen LogP contribution in [0.25, 0.3) is 33.8 Å². The first-order valence-corrected chi connectivity index (χ1v) is 14.0. The maximum Gasteiger partial charge on any atom is 0.226 e. The average Bonchev–Trinajstić information content (AvgIpc) is 3.46. The van der Waals surface area contributed by atoms with E-state index in [9.17, 15) is 4.79 Å². The van der Waals surface area contributed by atoms with Crippen molar-refractivity contribution in [3.05, 3.63) is 84.2 Å². The van der Waals surface area contributed by atoms with Gasteiger partial charge in [-0.15, -0.1) is 21.5 Å². The van der Waals surface area contributed by atoms with Crippen molar-refractivity contribution in [1.29, 1.82) is 0 Å². The van der Waals surface area contributed by atoms with Crippen molar-refractivity contribution >= 4 is 34.1 Å². The molecule has 0 aliphatic rings. The number of nitrogens with zero attached hydrogens (tertiary/aromatic N) is 4. The zero-order valence-corrected chi connectivity index (χ0v) is 23.0. The summed E-state index contributed by atoms with van der Waals surface area (Å²) in [6.45, 7) is 0. The van der Waals surface area contributed by atoms with Gasteiger partial charge in [0.05, 0.1) is 19.9 Å². The molecule has 5 aromatic rings. The van der Waals surface area contributed by atoms with E-state index in [1.165, 1.54) is 23.1 Å². The maximum absolute atomic E-state index is 12.6. The molecule has 2 aromatic heterocycles. The molecule has 2 heterocycles. The Hall–Kier alpha value is -4.28. The number of aromatic nitrogens is 4. The van der Waals surface area contributed by atoms with Crippen LogP contribution in [0.4, 0.5) is 5.13 Å². The highest BCUT2D eigenvalue weighted by Gasteiger charge is 2.15. The predicted molar refractivity (Wildman–Crippen MR) is 155 cm³/mol. The molecule has 1 amide bonds. The third-order valence-corrected chi connectivity index (χ3v) is 7.35. The minimum Gasteiger partial charge on any atom is -0.493 e. The average molecular weight is 556 g/mol. The normalized spacial score (nSPS) is 10.7. The van der Waals surface area contributed by atoms with E-state index in [0.717, 1.165) is 33.8 Å². The Morgan fingerprint density at radius 1 is 0.821 bits per heavy atom. The number of nitrogens with one attached hydrogen (secondary N) is 1. The van der Waals surface area contributed by atoms with Gasteiger partial charge < -0.3 is 14.8 Å². The molecule has 0 spiro atoms. The molecule has 0 bridgehead atoms. The summed E-state index contributed by atoms with van der Waals surface area (Å²) in [6.07, 6.45) is 0.278. The Bertz CT molecular complexity index is 1560. The number of anilines is 1. The van der Waals surface area contributed by atoms with Crippen LogP contribution in [0.3, 0.4) is 0 Å². The molecule has 0 fully saturated rings. The lowest BCUT2D eigenvalue weighted by Gasteiger charge is -2.09. The van der Waals surface area contributed by atoms with Crippen molar-refractivity contribution in [2.24, 2.45) is 0 Å². The van der Waals surface area contributed by atoms with Crippen molar-refractivity contribution in [2.75, 3.05) is 25.3 Å². The zero-order chi connectivity index (χ0) is 27.0. The van der Waals surface area contributed by atoms with Crippen molar-refractivity contribution < 1.29 is 14.3 Å². The van der Waals surface area contributed by atoms with Crippen molar-refractivity contribution in [1.82, 2.24) is 20.2 Å². The predicted octanol–water partition coefficient (Wildman–Crippen LogP) is 6.47. The number of hydrogen-bond donors (Lipinski definition) is 1. The monoisotopic (exact) mass is 555 g/mol. The Kier molecular flexibility index (Phi) is 8.45. The van der Waals surface area contributed by atoms with Crippen LogP contribution in [0.5, 0.6) is 11.5 Å². The third-order valence-electron chi connectivity index (χ3n) is 5.75. The number of benzene rings is 3.